The maximum Gasteiger partial charge on any atom is 0.407 e. The van der Waals surface area contributed by atoms with Crippen LogP contribution in [0, 0.1) is 6.92 Å². The van der Waals surface area contributed by atoms with E-state index in [0.717, 1.165) is 96.9 Å². The van der Waals surface area contributed by atoms with E-state index < -0.39 is 0 Å². The fourth-order valence-electron chi connectivity index (χ4n) is 7.39. The summed E-state index contributed by atoms with van der Waals surface area (Å²) in [5.41, 5.74) is 5.98. The molecule has 238 valence electrons. The molecule has 9 heteroatoms. The minimum absolute atomic E-state index is 0.103. The van der Waals surface area contributed by atoms with Crippen molar-refractivity contribution >= 4 is 17.7 Å². The molecule has 2 N–H and O–H groups in total. The van der Waals surface area contributed by atoms with Gasteiger partial charge in [-0.15, -0.1) is 0 Å². The predicted molar refractivity (Wildman–Crippen MR) is 181 cm³/mol. The van der Waals surface area contributed by atoms with Gasteiger partial charge in [0.25, 0.3) is 0 Å². The number of ether oxygens (including phenoxy) is 1. The number of aromatic nitrogens is 5. The normalized spacial score (nSPS) is 21.7. The van der Waals surface area contributed by atoms with Gasteiger partial charge in [-0.3, -0.25) is 4.98 Å². The van der Waals surface area contributed by atoms with E-state index in [1.807, 2.05) is 73.8 Å². The Morgan fingerprint density at radius 2 is 1.57 bits per heavy atom. The number of aryl methyl sites for hydroxylation is 1. The van der Waals surface area contributed by atoms with Gasteiger partial charge in [0.05, 0.1) is 17.1 Å². The van der Waals surface area contributed by atoms with Crippen LogP contribution in [0.15, 0.2) is 91.1 Å². The van der Waals surface area contributed by atoms with Gasteiger partial charge in [0.15, 0.2) is 0 Å². The average molecular weight is 626 g/mol. The molecular formula is C38H39N7O2. The van der Waals surface area contributed by atoms with Crippen LogP contribution in [-0.4, -0.2) is 42.6 Å². The number of benzene rings is 2. The van der Waals surface area contributed by atoms with Crippen molar-refractivity contribution in [2.75, 3.05) is 4.90 Å². The van der Waals surface area contributed by atoms with Crippen LogP contribution in [0.25, 0.3) is 22.8 Å². The van der Waals surface area contributed by atoms with Crippen LogP contribution in [0.2, 0.25) is 0 Å². The van der Waals surface area contributed by atoms with E-state index in [0.29, 0.717) is 12.0 Å². The molecular weight excluding hydrogens is 586 g/mol. The van der Waals surface area contributed by atoms with Crippen molar-refractivity contribution < 1.29 is 9.53 Å². The van der Waals surface area contributed by atoms with Gasteiger partial charge in [0, 0.05) is 34.6 Å². The Hall–Kier alpha value is -5.05. The van der Waals surface area contributed by atoms with Gasteiger partial charge in [-0.25, -0.2) is 19.7 Å². The fraction of sp³-hybridized carbons (Fsp3) is 0.342. The highest BCUT2D eigenvalue weighted by Gasteiger charge is 2.52. The number of carbonyl (C=O) groups excluding carboxylic acids is 1. The van der Waals surface area contributed by atoms with Crippen LogP contribution in [0.4, 0.5) is 16.4 Å². The molecule has 4 fully saturated rings. The Labute approximate surface area is 274 Å². The second-order valence-electron chi connectivity index (χ2n) is 13.4. The molecule has 3 aromatic heterocycles. The van der Waals surface area contributed by atoms with Crippen molar-refractivity contribution in [1.29, 1.82) is 0 Å². The molecule has 9 rings (SSSR count). The van der Waals surface area contributed by atoms with E-state index in [1.54, 1.807) is 0 Å². The van der Waals surface area contributed by atoms with Crippen molar-refractivity contribution in [2.45, 2.75) is 81.9 Å². The molecule has 0 aliphatic heterocycles. The van der Waals surface area contributed by atoms with Gasteiger partial charge in [-0.1, -0.05) is 54.6 Å². The van der Waals surface area contributed by atoms with Gasteiger partial charge >= 0.3 is 6.09 Å². The number of pyridine rings is 1. The Balaban J connectivity index is 1.07. The van der Waals surface area contributed by atoms with Gasteiger partial charge < -0.3 is 19.9 Å². The van der Waals surface area contributed by atoms with Crippen LogP contribution >= 0.6 is 0 Å². The van der Waals surface area contributed by atoms with Crippen molar-refractivity contribution in [1.82, 2.24) is 30.2 Å². The average Bonchev–Trinajstić information content (AvgIpc) is 3.84. The number of rotatable bonds is 9. The van der Waals surface area contributed by atoms with E-state index in [9.17, 15) is 4.79 Å². The molecule has 1 amide bonds. The molecule has 3 heterocycles. The van der Waals surface area contributed by atoms with Crippen LogP contribution in [0.1, 0.15) is 68.4 Å². The van der Waals surface area contributed by atoms with Gasteiger partial charge in [0.2, 0.25) is 5.95 Å². The number of hydrogen-bond acceptors (Lipinski definition) is 7. The number of aromatic amines is 1. The second kappa shape index (κ2) is 12.0. The third kappa shape index (κ3) is 5.86. The van der Waals surface area contributed by atoms with E-state index in [4.69, 9.17) is 24.7 Å². The molecule has 5 aromatic rings. The van der Waals surface area contributed by atoms with Crippen LogP contribution < -0.4 is 10.2 Å². The number of H-pyrrole nitrogens is 1. The molecule has 0 spiro atoms. The molecule has 4 aliphatic rings. The molecule has 0 radical (unpaired) electrons. The lowest BCUT2D eigenvalue weighted by Crippen LogP contribution is -2.58. The smallest absolute Gasteiger partial charge is 0.407 e. The van der Waals surface area contributed by atoms with E-state index in [2.05, 4.69) is 39.5 Å². The lowest BCUT2D eigenvalue weighted by Gasteiger charge is -2.52. The SMILES string of the molecule is Cc1cccc(-c2nc(C34CCC(NC(=O)OCc5ccccc5)(CC3)CC4)[nH]c2-c2ccnc(N(c3ccccc3)C3CC3)n2)n1. The number of amides is 1. The standard InChI is InChI=1S/C38H39N7O2/c1-26-9-8-14-30(40-26)32-33(31-17-24-39-35(41-31)45(29-15-16-29)28-12-6-3-7-13-28)43-34(42-32)37-18-21-38(22-19-37,23-20-37)44-36(46)47-25-27-10-4-2-5-11-27/h2-14,17,24,29H,15-16,18-23,25H2,1H3,(H,42,43)(H,44,46). The quantitative estimate of drug-likeness (QED) is 0.172. The largest absolute Gasteiger partial charge is 0.445 e. The summed E-state index contributed by atoms with van der Waals surface area (Å²) < 4.78 is 5.59. The number of imidazole rings is 1. The highest BCUT2D eigenvalue weighted by Crippen LogP contribution is 2.53. The number of nitrogens with zero attached hydrogens (tertiary/aromatic N) is 5. The third-order valence-electron chi connectivity index (χ3n) is 10.2. The number of carbonyl (C=O) groups is 1. The maximum atomic E-state index is 12.8. The van der Waals surface area contributed by atoms with Crippen LogP contribution in [0.3, 0.4) is 0 Å². The number of nitrogens with one attached hydrogen (secondary N) is 2. The lowest BCUT2D eigenvalue weighted by molar-refractivity contribution is 0.0598. The summed E-state index contributed by atoms with van der Waals surface area (Å²) >= 11 is 0. The summed E-state index contributed by atoms with van der Waals surface area (Å²) in [6.45, 7) is 2.28. The van der Waals surface area contributed by atoms with Crippen LogP contribution in [0.5, 0.6) is 0 Å². The minimum atomic E-state index is -0.341. The Kier molecular flexibility index (Phi) is 7.47. The van der Waals surface area contributed by atoms with Crippen LogP contribution in [-0.2, 0) is 16.8 Å². The molecule has 9 nitrogen and oxygen atoms in total. The molecule has 4 aliphatic carbocycles. The lowest BCUT2D eigenvalue weighted by atomic mass is 9.57. The molecule has 0 saturated heterocycles. The zero-order valence-electron chi connectivity index (χ0n) is 26.7. The minimum Gasteiger partial charge on any atom is -0.445 e. The highest BCUT2D eigenvalue weighted by atomic mass is 16.5. The summed E-state index contributed by atoms with van der Waals surface area (Å²) in [5.74, 6) is 1.67. The zero-order chi connectivity index (χ0) is 31.8. The number of hydrogen-bond donors (Lipinski definition) is 2. The summed E-state index contributed by atoms with van der Waals surface area (Å²) in [4.78, 5) is 38.9. The number of alkyl carbamates (subject to hydrolysis) is 1. The van der Waals surface area contributed by atoms with Gasteiger partial charge in [0.1, 0.15) is 18.1 Å². The maximum absolute atomic E-state index is 12.8. The zero-order valence-corrected chi connectivity index (χ0v) is 26.7. The molecule has 2 bridgehead atoms. The first-order valence-corrected chi connectivity index (χ1v) is 16.7. The summed E-state index contributed by atoms with van der Waals surface area (Å²) in [6, 6.07) is 28.6. The van der Waals surface area contributed by atoms with Gasteiger partial charge in [-0.05, 0) is 94.2 Å². The summed E-state index contributed by atoms with van der Waals surface area (Å²) in [5, 5.41) is 3.25. The Morgan fingerprint density at radius 1 is 0.851 bits per heavy atom. The topological polar surface area (TPSA) is 109 Å². The highest BCUT2D eigenvalue weighted by molar-refractivity contribution is 5.76. The Morgan fingerprint density at radius 3 is 2.28 bits per heavy atom. The van der Waals surface area contributed by atoms with E-state index >= 15 is 0 Å². The molecule has 4 saturated carbocycles. The summed E-state index contributed by atoms with van der Waals surface area (Å²) in [6.07, 6.45) is 9.18. The second-order valence-corrected chi connectivity index (χ2v) is 13.4. The fourth-order valence-corrected chi connectivity index (χ4v) is 7.39. The predicted octanol–water partition coefficient (Wildman–Crippen LogP) is 7.81. The molecule has 2 aromatic carbocycles. The Bertz CT molecular complexity index is 1860. The van der Waals surface area contributed by atoms with E-state index in [-0.39, 0.29) is 23.7 Å². The monoisotopic (exact) mass is 625 g/mol. The third-order valence-corrected chi connectivity index (χ3v) is 10.2. The molecule has 0 atom stereocenters. The number of para-hydroxylation sites is 1. The number of fused-ring (bicyclic) bond motifs is 3. The first-order valence-electron chi connectivity index (χ1n) is 16.7. The van der Waals surface area contributed by atoms with Crippen molar-refractivity contribution in [3.05, 3.63) is 108 Å². The van der Waals surface area contributed by atoms with Crippen molar-refractivity contribution in [2.24, 2.45) is 0 Å². The molecule has 47 heavy (non-hydrogen) atoms. The van der Waals surface area contributed by atoms with E-state index in [1.165, 1.54) is 0 Å². The van der Waals surface area contributed by atoms with Crippen molar-refractivity contribution in [3.8, 4) is 22.8 Å². The molecule has 0 unspecified atom stereocenters. The first-order chi connectivity index (χ1) is 23.0. The van der Waals surface area contributed by atoms with Crippen molar-refractivity contribution in [3.63, 3.8) is 0 Å². The number of anilines is 2. The first kappa shape index (κ1) is 29.4. The van der Waals surface area contributed by atoms with Gasteiger partial charge in [-0.2, -0.15) is 0 Å². The summed E-state index contributed by atoms with van der Waals surface area (Å²) in [7, 11) is 0.